The van der Waals surface area contributed by atoms with Crippen LogP contribution in [0.1, 0.15) is 156 Å². The van der Waals surface area contributed by atoms with E-state index >= 15 is 0 Å². The number of nitrogens with zero attached hydrogens (tertiary/aromatic N) is 1. The first-order valence-electron chi connectivity index (χ1n) is 21.0. The van der Waals surface area contributed by atoms with Crippen molar-refractivity contribution in [2.24, 2.45) is 0 Å². The van der Waals surface area contributed by atoms with E-state index in [4.69, 9.17) is 23.7 Å². The Morgan fingerprint density at radius 2 is 1.29 bits per heavy atom. The number of nitrogens with one attached hydrogen (secondary N) is 2. The first-order chi connectivity index (χ1) is 27.1. The van der Waals surface area contributed by atoms with Crippen molar-refractivity contribution in [3.63, 3.8) is 0 Å². The maximum Gasteiger partial charge on any atom is 0.338 e. The van der Waals surface area contributed by atoms with Crippen molar-refractivity contribution in [2.75, 3.05) is 39.5 Å². The molecule has 1 aromatic heterocycles. The maximum atomic E-state index is 12.8. The molecule has 3 rings (SSSR count). The summed E-state index contributed by atoms with van der Waals surface area (Å²) in [7, 11) is 0. The average molecular weight is 786 g/mol. The van der Waals surface area contributed by atoms with Crippen molar-refractivity contribution < 1.29 is 38.1 Å². The summed E-state index contributed by atoms with van der Waals surface area (Å²) in [6.07, 6.45) is 20.8. The Morgan fingerprint density at radius 3 is 1.91 bits per heavy atom. The van der Waals surface area contributed by atoms with Crippen LogP contribution in [0.2, 0.25) is 0 Å². The zero-order valence-corrected chi connectivity index (χ0v) is 34.4. The molecule has 314 valence electrons. The highest BCUT2D eigenvalue weighted by atomic mass is 16.6. The van der Waals surface area contributed by atoms with Gasteiger partial charge in [-0.15, -0.1) is 0 Å². The Hall–Kier alpha value is -3.97. The van der Waals surface area contributed by atoms with Crippen LogP contribution in [0, 0.1) is 20.8 Å². The van der Waals surface area contributed by atoms with Gasteiger partial charge in [0.2, 0.25) is 0 Å². The number of carbonyl (C=O) groups is 3. The minimum Gasteiger partial charge on any atom is -0.493 e. The van der Waals surface area contributed by atoms with Crippen LogP contribution in [0.5, 0.6) is 5.75 Å². The first kappa shape index (κ1) is 46.4. The highest BCUT2D eigenvalue weighted by molar-refractivity contribution is 5.90. The second-order valence-corrected chi connectivity index (χ2v) is 15.0. The number of aromatic nitrogens is 2. The molecule has 1 aliphatic heterocycles. The lowest BCUT2D eigenvalue weighted by Gasteiger charge is -2.31. The summed E-state index contributed by atoms with van der Waals surface area (Å²) in [5.74, 6) is -1.11. The van der Waals surface area contributed by atoms with E-state index in [1.54, 1.807) is 19.1 Å². The van der Waals surface area contributed by atoms with Crippen LogP contribution in [-0.2, 0) is 28.5 Å². The number of rotatable bonds is 28. The van der Waals surface area contributed by atoms with E-state index in [9.17, 15) is 24.0 Å². The number of ether oxygens (including phenoxy) is 5. The number of carbonyl (C=O) groups excluding carboxylic acids is 3. The molecule has 0 spiro atoms. The van der Waals surface area contributed by atoms with Crippen LogP contribution >= 0.6 is 0 Å². The molecule has 0 radical (unpaired) electrons. The Balaban J connectivity index is 1.22. The van der Waals surface area contributed by atoms with Gasteiger partial charge in [-0.1, -0.05) is 103 Å². The second-order valence-electron chi connectivity index (χ2n) is 15.0. The average Bonchev–Trinajstić information content (AvgIpc) is 3.18. The van der Waals surface area contributed by atoms with E-state index in [-0.39, 0.29) is 32.7 Å². The van der Waals surface area contributed by atoms with Gasteiger partial charge in [0.05, 0.1) is 25.0 Å². The fraction of sp³-hybridized carbons (Fsp3) is 0.698. The Kier molecular flexibility index (Phi) is 22.2. The fourth-order valence-corrected chi connectivity index (χ4v) is 6.58. The molecule has 13 nitrogen and oxygen atoms in total. The number of esters is 3. The number of H-pyrrole nitrogens is 1. The zero-order valence-electron chi connectivity index (χ0n) is 34.4. The second kappa shape index (κ2) is 26.8. The lowest BCUT2D eigenvalue weighted by Crippen LogP contribution is -2.48. The molecule has 56 heavy (non-hydrogen) atoms. The topological polar surface area (TPSA) is 164 Å². The lowest BCUT2D eigenvalue weighted by molar-refractivity contribution is -0.157. The van der Waals surface area contributed by atoms with Gasteiger partial charge in [-0.25, -0.2) is 9.59 Å². The molecule has 0 bridgehead atoms. The van der Waals surface area contributed by atoms with Crippen LogP contribution < -0.4 is 21.3 Å². The van der Waals surface area contributed by atoms with E-state index in [1.165, 1.54) is 101 Å². The molecule has 0 amide bonds. The molecule has 1 fully saturated rings. The molecule has 0 aliphatic carbocycles. The van der Waals surface area contributed by atoms with Gasteiger partial charge in [0.1, 0.15) is 31.7 Å². The summed E-state index contributed by atoms with van der Waals surface area (Å²) in [6, 6.07) is 3.46. The van der Waals surface area contributed by atoms with Crippen LogP contribution in [0.15, 0.2) is 27.9 Å². The van der Waals surface area contributed by atoms with Crippen molar-refractivity contribution >= 4 is 17.9 Å². The van der Waals surface area contributed by atoms with Crippen molar-refractivity contribution in [2.45, 2.75) is 156 Å². The number of aromatic amines is 1. The largest absolute Gasteiger partial charge is 0.493 e. The van der Waals surface area contributed by atoms with E-state index in [0.717, 1.165) is 24.0 Å². The SMILES string of the molecule is CCCCCCCCCCCCCCCCCCOc1cc(C(=O)OCCOC(=O)CCC(=O)OC[C@@H]2CNC[C@H](n3cc(C)c(=O)[nH]c3=O)O2)cc(C)c1C. The summed E-state index contributed by atoms with van der Waals surface area (Å²) < 4.78 is 29.0. The third-order valence-electron chi connectivity index (χ3n) is 10.2. The summed E-state index contributed by atoms with van der Waals surface area (Å²) in [6.45, 7) is 8.68. The maximum absolute atomic E-state index is 12.8. The molecule has 1 aliphatic rings. The van der Waals surface area contributed by atoms with Crippen LogP contribution in [0.4, 0.5) is 0 Å². The summed E-state index contributed by atoms with van der Waals surface area (Å²) in [5.41, 5.74) is 1.57. The predicted octanol–water partition coefficient (Wildman–Crippen LogP) is 7.31. The third-order valence-corrected chi connectivity index (χ3v) is 10.2. The van der Waals surface area contributed by atoms with Crippen molar-refractivity contribution in [1.29, 1.82) is 0 Å². The first-order valence-corrected chi connectivity index (χ1v) is 21.0. The number of hydrogen-bond donors (Lipinski definition) is 2. The van der Waals surface area contributed by atoms with Gasteiger partial charge in [0.15, 0.2) is 6.23 Å². The number of aryl methyl sites for hydroxylation is 2. The Labute approximate surface area is 332 Å². The van der Waals surface area contributed by atoms with E-state index in [2.05, 4.69) is 17.2 Å². The minimum atomic E-state index is -0.691. The molecule has 1 aromatic carbocycles. The van der Waals surface area contributed by atoms with Gasteiger partial charge in [0, 0.05) is 24.8 Å². The molecule has 0 unspecified atom stereocenters. The number of hydrogen-bond acceptors (Lipinski definition) is 11. The van der Waals surface area contributed by atoms with Crippen LogP contribution in [-0.4, -0.2) is 73.1 Å². The quantitative estimate of drug-likeness (QED) is 0.0505. The molecule has 2 atom stereocenters. The molecular weight excluding hydrogens is 718 g/mol. The molecule has 1 saturated heterocycles. The van der Waals surface area contributed by atoms with Crippen molar-refractivity contribution in [1.82, 2.24) is 14.9 Å². The smallest absolute Gasteiger partial charge is 0.338 e. The van der Waals surface area contributed by atoms with Gasteiger partial charge in [-0.3, -0.25) is 23.9 Å². The number of benzene rings is 1. The van der Waals surface area contributed by atoms with Gasteiger partial charge in [0.25, 0.3) is 5.56 Å². The highest BCUT2D eigenvalue weighted by Crippen LogP contribution is 2.25. The normalized spacial score (nSPS) is 15.4. The molecular formula is C43H67N3O10. The van der Waals surface area contributed by atoms with Gasteiger partial charge in [-0.2, -0.15) is 0 Å². The molecule has 0 saturated carbocycles. The van der Waals surface area contributed by atoms with E-state index in [0.29, 0.717) is 36.6 Å². The molecule has 13 heteroatoms. The van der Waals surface area contributed by atoms with Crippen molar-refractivity contribution in [3.05, 3.63) is 61.4 Å². The monoisotopic (exact) mass is 785 g/mol. The van der Waals surface area contributed by atoms with Gasteiger partial charge in [-0.05, 0) is 50.5 Å². The summed E-state index contributed by atoms with van der Waals surface area (Å²) >= 11 is 0. The summed E-state index contributed by atoms with van der Waals surface area (Å²) in [5, 5.41) is 3.12. The van der Waals surface area contributed by atoms with Crippen molar-refractivity contribution in [3.8, 4) is 5.75 Å². The summed E-state index contributed by atoms with van der Waals surface area (Å²) in [4.78, 5) is 63.3. The van der Waals surface area contributed by atoms with Gasteiger partial charge >= 0.3 is 23.6 Å². The van der Waals surface area contributed by atoms with Crippen LogP contribution in [0.25, 0.3) is 0 Å². The van der Waals surface area contributed by atoms with E-state index < -0.39 is 41.5 Å². The predicted molar refractivity (Wildman–Crippen MR) is 215 cm³/mol. The fourth-order valence-electron chi connectivity index (χ4n) is 6.58. The number of morpholine rings is 1. The number of unbranched alkanes of at least 4 members (excludes halogenated alkanes) is 15. The van der Waals surface area contributed by atoms with Gasteiger partial charge < -0.3 is 29.0 Å². The Bertz CT molecular complexity index is 1600. The van der Waals surface area contributed by atoms with E-state index in [1.807, 2.05) is 13.8 Å². The molecule has 2 aromatic rings. The highest BCUT2D eigenvalue weighted by Gasteiger charge is 2.26. The third kappa shape index (κ3) is 17.9. The molecule has 2 heterocycles. The Morgan fingerprint density at radius 1 is 0.714 bits per heavy atom. The standard InChI is InChI=1S/C43H67N3O10/c1-5-6-7-8-9-10-11-12-13-14-15-16-17-18-19-20-23-52-37-27-35(26-32(2)34(37)4)42(50)54-25-24-53-39(47)21-22-40(48)55-31-36-28-44-29-38(56-36)46-30-33(3)41(49)45-43(46)51/h26-27,30,36,38,44H,5-25,28-29,31H2,1-4H3,(H,45,49,51)/t36-,38+/m0/s1. The zero-order chi connectivity index (χ0) is 40.5. The van der Waals surface area contributed by atoms with Crippen LogP contribution in [0.3, 0.4) is 0 Å². The molecule has 2 N–H and O–H groups in total. The minimum absolute atomic E-state index is 0.0881. The lowest BCUT2D eigenvalue weighted by atomic mass is 10.0.